The van der Waals surface area contributed by atoms with Crippen molar-refractivity contribution < 1.29 is 14.3 Å². The Labute approximate surface area is 146 Å². The van der Waals surface area contributed by atoms with Gasteiger partial charge in [0.1, 0.15) is 12.4 Å². The Kier molecular flexibility index (Phi) is 6.06. The van der Waals surface area contributed by atoms with Crippen molar-refractivity contribution in [3.63, 3.8) is 0 Å². The highest BCUT2D eigenvalue weighted by Crippen LogP contribution is 2.46. The average Bonchev–Trinajstić information content (AvgIpc) is 2.55. The standard InChI is InChI=1S/C21H32O3/c1-6-8-15-11-16-10-9-14(3)17(13-22)19(16)18(12-15)24-20(23)21(4,5)7-2/h6,8-10,13-19H,7,11-12H2,1-5H3/t14-,15?,16-,17-,18-,19-/m0/s1. The summed E-state index contributed by atoms with van der Waals surface area (Å²) in [6, 6.07) is 0. The van der Waals surface area contributed by atoms with Crippen LogP contribution in [0.25, 0.3) is 0 Å². The molecule has 0 N–H and O–H groups in total. The summed E-state index contributed by atoms with van der Waals surface area (Å²) in [6.07, 6.45) is 12.2. The molecule has 1 unspecified atom stereocenters. The first-order chi connectivity index (χ1) is 11.3. The topological polar surface area (TPSA) is 43.4 Å². The average molecular weight is 332 g/mol. The SMILES string of the molecule is CC=CC1C[C@H](OC(=O)C(C)(C)CC)[C@@H]2[C@@H](C=O)[C@@H](C)C=C[C@H]2C1. The van der Waals surface area contributed by atoms with Gasteiger partial charge in [0, 0.05) is 11.8 Å². The lowest BCUT2D eigenvalue weighted by Gasteiger charge is -2.46. The van der Waals surface area contributed by atoms with Gasteiger partial charge in [-0.15, -0.1) is 0 Å². The molecule has 2 rings (SSSR count). The molecule has 0 heterocycles. The molecule has 0 amide bonds. The second-order valence-corrected chi connectivity index (χ2v) is 8.14. The predicted molar refractivity (Wildman–Crippen MR) is 96.3 cm³/mol. The summed E-state index contributed by atoms with van der Waals surface area (Å²) in [7, 11) is 0. The van der Waals surface area contributed by atoms with Crippen LogP contribution >= 0.6 is 0 Å². The van der Waals surface area contributed by atoms with Crippen molar-refractivity contribution in [2.45, 2.75) is 60.0 Å². The van der Waals surface area contributed by atoms with Crippen molar-refractivity contribution in [2.24, 2.45) is 35.0 Å². The molecule has 0 aromatic rings. The van der Waals surface area contributed by atoms with E-state index in [-0.39, 0.29) is 29.8 Å². The minimum absolute atomic E-state index is 0.0610. The van der Waals surface area contributed by atoms with Crippen LogP contribution in [-0.4, -0.2) is 18.4 Å². The largest absolute Gasteiger partial charge is 0.462 e. The van der Waals surface area contributed by atoms with E-state index in [1.807, 2.05) is 27.7 Å². The fourth-order valence-corrected chi connectivity index (χ4v) is 4.08. The number of esters is 1. The maximum Gasteiger partial charge on any atom is 0.311 e. The molecule has 1 saturated carbocycles. The normalized spacial score (nSPS) is 36.4. The summed E-state index contributed by atoms with van der Waals surface area (Å²) in [6.45, 7) is 9.98. The maximum absolute atomic E-state index is 12.6. The Hall–Kier alpha value is -1.38. The highest BCUT2D eigenvalue weighted by Gasteiger charge is 2.46. The van der Waals surface area contributed by atoms with Crippen LogP contribution in [0.2, 0.25) is 0 Å². The van der Waals surface area contributed by atoms with Crippen LogP contribution in [0.15, 0.2) is 24.3 Å². The van der Waals surface area contributed by atoms with Crippen molar-refractivity contribution in [3.8, 4) is 0 Å². The van der Waals surface area contributed by atoms with E-state index in [2.05, 4.69) is 31.2 Å². The van der Waals surface area contributed by atoms with Crippen molar-refractivity contribution in [1.82, 2.24) is 0 Å². The van der Waals surface area contributed by atoms with Gasteiger partial charge in [-0.2, -0.15) is 0 Å². The van der Waals surface area contributed by atoms with E-state index in [4.69, 9.17) is 4.74 Å². The van der Waals surface area contributed by atoms with Crippen LogP contribution in [0, 0.1) is 35.0 Å². The minimum Gasteiger partial charge on any atom is -0.462 e. The molecule has 0 aromatic carbocycles. The summed E-state index contributed by atoms with van der Waals surface area (Å²) >= 11 is 0. The number of carbonyl (C=O) groups is 2. The molecule has 0 radical (unpaired) electrons. The molecule has 2 aliphatic carbocycles. The summed E-state index contributed by atoms with van der Waals surface area (Å²) in [4.78, 5) is 24.4. The molecule has 0 aliphatic heterocycles. The van der Waals surface area contributed by atoms with Crippen LogP contribution in [0.1, 0.15) is 53.9 Å². The summed E-state index contributed by atoms with van der Waals surface area (Å²) in [5.41, 5.74) is -0.476. The Bertz CT molecular complexity index is 517. The number of hydrogen-bond acceptors (Lipinski definition) is 3. The van der Waals surface area contributed by atoms with E-state index >= 15 is 0 Å². The van der Waals surface area contributed by atoms with Crippen molar-refractivity contribution in [3.05, 3.63) is 24.3 Å². The molecule has 24 heavy (non-hydrogen) atoms. The lowest BCUT2D eigenvalue weighted by atomic mass is 9.62. The van der Waals surface area contributed by atoms with Gasteiger partial charge in [-0.05, 0) is 57.8 Å². The van der Waals surface area contributed by atoms with Gasteiger partial charge in [0.25, 0.3) is 0 Å². The van der Waals surface area contributed by atoms with Gasteiger partial charge >= 0.3 is 5.97 Å². The molecule has 3 nitrogen and oxygen atoms in total. The Morgan fingerprint density at radius 1 is 1.29 bits per heavy atom. The van der Waals surface area contributed by atoms with Gasteiger partial charge in [-0.1, -0.05) is 38.2 Å². The molecule has 3 heteroatoms. The van der Waals surface area contributed by atoms with Crippen molar-refractivity contribution in [1.29, 1.82) is 0 Å². The van der Waals surface area contributed by atoms with Gasteiger partial charge in [-0.25, -0.2) is 0 Å². The molecule has 2 aliphatic rings. The first-order valence-corrected chi connectivity index (χ1v) is 9.31. The van der Waals surface area contributed by atoms with Gasteiger partial charge in [-0.3, -0.25) is 4.79 Å². The van der Waals surface area contributed by atoms with E-state index in [0.717, 1.165) is 25.5 Å². The lowest BCUT2D eigenvalue weighted by molar-refractivity contribution is -0.169. The number of aldehydes is 1. The number of carbonyl (C=O) groups excluding carboxylic acids is 2. The maximum atomic E-state index is 12.6. The Balaban J connectivity index is 2.28. The zero-order valence-corrected chi connectivity index (χ0v) is 15.7. The second-order valence-electron chi connectivity index (χ2n) is 8.14. The number of fused-ring (bicyclic) bond motifs is 1. The summed E-state index contributed by atoms with van der Waals surface area (Å²) < 4.78 is 6.01. The fraction of sp³-hybridized carbons (Fsp3) is 0.714. The second kappa shape index (κ2) is 7.67. The Morgan fingerprint density at radius 3 is 2.58 bits per heavy atom. The van der Waals surface area contributed by atoms with E-state index in [9.17, 15) is 9.59 Å². The van der Waals surface area contributed by atoms with Crippen LogP contribution in [-0.2, 0) is 14.3 Å². The molecule has 0 aromatic heterocycles. The first kappa shape index (κ1) is 19.0. The van der Waals surface area contributed by atoms with E-state index in [0.29, 0.717) is 11.8 Å². The molecule has 0 spiro atoms. The smallest absolute Gasteiger partial charge is 0.311 e. The number of rotatable bonds is 5. The molecule has 1 fully saturated rings. The minimum atomic E-state index is -0.476. The molecule has 134 valence electrons. The van der Waals surface area contributed by atoms with Crippen molar-refractivity contribution >= 4 is 12.3 Å². The zero-order valence-electron chi connectivity index (χ0n) is 15.7. The third-order valence-corrected chi connectivity index (χ3v) is 6.06. The number of allylic oxidation sites excluding steroid dienone is 4. The van der Waals surface area contributed by atoms with Crippen LogP contribution in [0.3, 0.4) is 0 Å². The van der Waals surface area contributed by atoms with Crippen molar-refractivity contribution in [2.75, 3.05) is 0 Å². The number of hydrogen-bond donors (Lipinski definition) is 0. The predicted octanol–water partition coefficient (Wildman–Crippen LogP) is 4.57. The Morgan fingerprint density at radius 2 is 2.00 bits per heavy atom. The van der Waals surface area contributed by atoms with Gasteiger partial charge in [0.15, 0.2) is 0 Å². The highest BCUT2D eigenvalue weighted by molar-refractivity contribution is 5.76. The van der Waals surface area contributed by atoms with Crippen LogP contribution in [0.4, 0.5) is 0 Å². The summed E-state index contributed by atoms with van der Waals surface area (Å²) in [5, 5.41) is 0. The lowest BCUT2D eigenvalue weighted by Crippen LogP contribution is -2.47. The number of ether oxygens (including phenoxy) is 1. The molecule has 0 bridgehead atoms. The van der Waals surface area contributed by atoms with Crippen LogP contribution in [0.5, 0.6) is 0 Å². The summed E-state index contributed by atoms with van der Waals surface area (Å²) in [5.74, 6) is 0.844. The first-order valence-electron chi connectivity index (χ1n) is 9.31. The van der Waals surface area contributed by atoms with E-state index in [1.54, 1.807) is 0 Å². The molecular formula is C21H32O3. The van der Waals surface area contributed by atoms with E-state index in [1.165, 1.54) is 0 Å². The third kappa shape index (κ3) is 3.81. The monoisotopic (exact) mass is 332 g/mol. The highest BCUT2D eigenvalue weighted by atomic mass is 16.5. The third-order valence-electron chi connectivity index (χ3n) is 6.06. The molecule has 6 atom stereocenters. The zero-order chi connectivity index (χ0) is 17.9. The fourth-order valence-electron chi connectivity index (χ4n) is 4.08. The van der Waals surface area contributed by atoms with E-state index < -0.39 is 5.41 Å². The van der Waals surface area contributed by atoms with Gasteiger partial charge < -0.3 is 9.53 Å². The van der Waals surface area contributed by atoms with Gasteiger partial charge in [0.2, 0.25) is 0 Å². The quantitative estimate of drug-likeness (QED) is 0.421. The molecular weight excluding hydrogens is 300 g/mol. The molecule has 0 saturated heterocycles. The van der Waals surface area contributed by atoms with Gasteiger partial charge in [0.05, 0.1) is 5.41 Å². The van der Waals surface area contributed by atoms with Crippen LogP contribution < -0.4 is 0 Å².